The molecule has 0 radical (unpaired) electrons. The van der Waals surface area contributed by atoms with Gasteiger partial charge < -0.3 is 19.9 Å². The van der Waals surface area contributed by atoms with Gasteiger partial charge in [0.25, 0.3) is 15.9 Å². The molecular formula is C22H25F3N2O6S. The van der Waals surface area contributed by atoms with E-state index < -0.39 is 33.6 Å². The van der Waals surface area contributed by atoms with Crippen LogP contribution in [-0.2, 0) is 14.8 Å². The lowest BCUT2D eigenvalue weighted by Crippen LogP contribution is -2.44. The summed E-state index contributed by atoms with van der Waals surface area (Å²) in [6, 6.07) is 8.25. The lowest BCUT2D eigenvalue weighted by molar-refractivity contribution is -0.274. The quantitative estimate of drug-likeness (QED) is 0.493. The number of halogens is 3. The van der Waals surface area contributed by atoms with E-state index in [0.717, 1.165) is 31.4 Å². The molecule has 1 saturated carbocycles. The molecule has 3 N–H and O–H groups in total. The fourth-order valence-corrected chi connectivity index (χ4v) is 4.83. The van der Waals surface area contributed by atoms with Crippen LogP contribution in [0.1, 0.15) is 39.0 Å². The number of anilines is 2. The molecule has 0 atom stereocenters. The van der Waals surface area contributed by atoms with Gasteiger partial charge in [-0.15, -0.1) is 13.2 Å². The van der Waals surface area contributed by atoms with Crippen LogP contribution >= 0.6 is 0 Å². The summed E-state index contributed by atoms with van der Waals surface area (Å²) in [4.78, 5) is 12.3. The van der Waals surface area contributed by atoms with E-state index in [2.05, 4.69) is 14.8 Å². The number of aliphatic hydroxyl groups is 1. The number of benzene rings is 2. The number of carbonyl (C=O) groups is 1. The van der Waals surface area contributed by atoms with Crippen LogP contribution < -0.4 is 19.5 Å². The van der Waals surface area contributed by atoms with Gasteiger partial charge in [0.1, 0.15) is 22.0 Å². The van der Waals surface area contributed by atoms with E-state index in [4.69, 9.17) is 4.74 Å². The van der Waals surface area contributed by atoms with Crippen LogP contribution in [0.2, 0.25) is 0 Å². The Labute approximate surface area is 195 Å². The summed E-state index contributed by atoms with van der Waals surface area (Å²) < 4.78 is 74.7. The van der Waals surface area contributed by atoms with Crippen molar-refractivity contribution < 1.29 is 41.0 Å². The number of hydrogen-bond donors (Lipinski definition) is 3. The van der Waals surface area contributed by atoms with E-state index in [1.54, 1.807) is 6.92 Å². The molecule has 1 amide bonds. The average Bonchev–Trinajstić information content (AvgIpc) is 2.73. The zero-order valence-corrected chi connectivity index (χ0v) is 19.1. The first-order valence-electron chi connectivity index (χ1n) is 10.6. The second-order valence-corrected chi connectivity index (χ2v) is 9.47. The van der Waals surface area contributed by atoms with Crippen molar-refractivity contribution in [1.29, 1.82) is 0 Å². The van der Waals surface area contributed by atoms with Crippen molar-refractivity contribution in [3.63, 3.8) is 0 Å². The third-order valence-corrected chi connectivity index (χ3v) is 6.63. The molecule has 0 unspecified atom stereocenters. The van der Waals surface area contributed by atoms with E-state index in [9.17, 15) is 31.5 Å². The van der Waals surface area contributed by atoms with Crippen LogP contribution in [0.4, 0.5) is 24.5 Å². The fraction of sp³-hybridized carbons (Fsp3) is 0.409. The van der Waals surface area contributed by atoms with Crippen molar-refractivity contribution in [3.8, 4) is 11.5 Å². The van der Waals surface area contributed by atoms with E-state index in [1.165, 1.54) is 30.3 Å². The molecule has 2 aromatic rings. The number of hydrogen-bond acceptors (Lipinski definition) is 6. The molecule has 0 saturated heterocycles. The van der Waals surface area contributed by atoms with Crippen LogP contribution in [-0.4, -0.2) is 38.0 Å². The zero-order valence-electron chi connectivity index (χ0n) is 18.3. The predicted octanol–water partition coefficient (Wildman–Crippen LogP) is 4.42. The van der Waals surface area contributed by atoms with Gasteiger partial charge in [-0.3, -0.25) is 9.52 Å². The lowest BCUT2D eigenvalue weighted by atomic mass is 9.84. The first kappa shape index (κ1) is 25.6. The maximum atomic E-state index is 12.9. The summed E-state index contributed by atoms with van der Waals surface area (Å²) in [6.07, 6.45) is -1.85. The number of carbonyl (C=O) groups excluding carboxylic acids is 1. The van der Waals surface area contributed by atoms with Crippen LogP contribution in [0.3, 0.4) is 0 Å². The van der Waals surface area contributed by atoms with E-state index in [-0.39, 0.29) is 28.6 Å². The maximum absolute atomic E-state index is 12.9. The summed E-state index contributed by atoms with van der Waals surface area (Å²) >= 11 is 0. The van der Waals surface area contributed by atoms with Crippen LogP contribution in [0.25, 0.3) is 0 Å². The molecule has 0 aromatic heterocycles. The fourth-order valence-electron chi connectivity index (χ4n) is 3.65. The molecule has 3 rings (SSSR count). The van der Waals surface area contributed by atoms with Crippen molar-refractivity contribution >= 4 is 27.3 Å². The predicted molar refractivity (Wildman–Crippen MR) is 118 cm³/mol. The standard InChI is InChI=1S/C22H25F3N2O6S/c1-2-32-18-14-15(26-20(28)21(29)11-4-3-5-12-21)9-10-19(18)34(30,31)27-16-7-6-8-17(13-16)33-22(23,24)25/h6-10,13-14,27,29H,2-5,11-12H2,1H3,(H,26,28). The smallest absolute Gasteiger partial charge is 0.492 e. The first-order chi connectivity index (χ1) is 15.9. The molecule has 1 aliphatic carbocycles. The number of rotatable bonds is 8. The van der Waals surface area contributed by atoms with Crippen molar-refractivity contribution in [2.75, 3.05) is 16.6 Å². The molecule has 186 valence electrons. The van der Waals surface area contributed by atoms with Gasteiger partial charge in [-0.05, 0) is 44.0 Å². The second-order valence-electron chi connectivity index (χ2n) is 7.82. The highest BCUT2D eigenvalue weighted by Gasteiger charge is 2.37. The first-order valence-corrected chi connectivity index (χ1v) is 12.1. The minimum atomic E-state index is -4.93. The van der Waals surface area contributed by atoms with Gasteiger partial charge in [0.15, 0.2) is 0 Å². The molecule has 12 heteroatoms. The summed E-state index contributed by atoms with van der Waals surface area (Å²) in [6.45, 7) is 1.75. The van der Waals surface area contributed by atoms with Crippen LogP contribution in [0, 0.1) is 0 Å². The van der Waals surface area contributed by atoms with Crippen LogP contribution in [0.15, 0.2) is 47.4 Å². The molecule has 0 spiro atoms. The highest BCUT2D eigenvalue weighted by atomic mass is 32.2. The molecule has 1 fully saturated rings. The Kier molecular flexibility index (Phi) is 7.61. The summed E-state index contributed by atoms with van der Waals surface area (Å²) in [5.41, 5.74) is -1.41. The third-order valence-electron chi connectivity index (χ3n) is 5.21. The Balaban J connectivity index is 1.83. The molecule has 0 aliphatic heterocycles. The lowest BCUT2D eigenvalue weighted by Gasteiger charge is -2.30. The molecule has 1 aliphatic rings. The van der Waals surface area contributed by atoms with Gasteiger partial charge in [-0.25, -0.2) is 8.42 Å². The van der Waals surface area contributed by atoms with Gasteiger partial charge in [-0.2, -0.15) is 0 Å². The van der Waals surface area contributed by atoms with Gasteiger partial charge in [0.05, 0.1) is 12.3 Å². The second kappa shape index (κ2) is 10.1. The Hall–Kier alpha value is -2.99. The molecule has 2 aromatic carbocycles. The van der Waals surface area contributed by atoms with E-state index in [1.807, 2.05) is 0 Å². The summed E-state index contributed by atoms with van der Waals surface area (Å²) in [7, 11) is -4.28. The number of amides is 1. The average molecular weight is 503 g/mol. The number of alkyl halides is 3. The summed E-state index contributed by atoms with van der Waals surface area (Å²) in [5.74, 6) is -1.24. The molecular weight excluding hydrogens is 477 g/mol. The Bertz CT molecular complexity index is 1130. The Morgan fingerprint density at radius 1 is 1.09 bits per heavy atom. The molecule has 8 nitrogen and oxygen atoms in total. The van der Waals surface area contributed by atoms with Gasteiger partial charge >= 0.3 is 6.36 Å². The topological polar surface area (TPSA) is 114 Å². The number of nitrogens with one attached hydrogen (secondary N) is 2. The Morgan fingerprint density at radius 3 is 2.44 bits per heavy atom. The van der Waals surface area contributed by atoms with E-state index in [0.29, 0.717) is 12.8 Å². The van der Waals surface area contributed by atoms with Crippen molar-refractivity contribution in [3.05, 3.63) is 42.5 Å². The normalized spacial score (nSPS) is 15.9. The maximum Gasteiger partial charge on any atom is 0.573 e. The van der Waals surface area contributed by atoms with Gasteiger partial charge in [0.2, 0.25) is 0 Å². The van der Waals surface area contributed by atoms with Crippen LogP contribution in [0.5, 0.6) is 11.5 Å². The largest absolute Gasteiger partial charge is 0.573 e. The molecule has 34 heavy (non-hydrogen) atoms. The van der Waals surface area contributed by atoms with Crippen molar-refractivity contribution in [2.24, 2.45) is 0 Å². The zero-order chi connectivity index (χ0) is 25.0. The molecule has 0 heterocycles. The van der Waals surface area contributed by atoms with Crippen molar-refractivity contribution in [1.82, 2.24) is 0 Å². The highest BCUT2D eigenvalue weighted by molar-refractivity contribution is 7.92. The van der Waals surface area contributed by atoms with Gasteiger partial charge in [0, 0.05) is 17.8 Å². The summed E-state index contributed by atoms with van der Waals surface area (Å²) in [5, 5.41) is 13.2. The number of ether oxygens (including phenoxy) is 2. The minimum Gasteiger partial charge on any atom is -0.492 e. The van der Waals surface area contributed by atoms with Crippen molar-refractivity contribution in [2.45, 2.75) is 55.9 Å². The molecule has 0 bridgehead atoms. The highest BCUT2D eigenvalue weighted by Crippen LogP contribution is 2.33. The van der Waals surface area contributed by atoms with E-state index >= 15 is 0 Å². The number of sulfonamides is 1. The monoisotopic (exact) mass is 502 g/mol. The van der Waals surface area contributed by atoms with Gasteiger partial charge in [-0.1, -0.05) is 25.3 Å². The SMILES string of the molecule is CCOc1cc(NC(=O)C2(O)CCCCC2)ccc1S(=O)(=O)Nc1cccc(OC(F)(F)F)c1. The minimum absolute atomic E-state index is 0.0777. The third kappa shape index (κ3) is 6.54. The Morgan fingerprint density at radius 2 is 1.79 bits per heavy atom.